The highest BCUT2D eigenvalue weighted by atomic mass is 16.2. The van der Waals surface area contributed by atoms with Crippen LogP contribution < -0.4 is 5.32 Å². The zero-order valence-electron chi connectivity index (χ0n) is 17.8. The topological polar surface area (TPSA) is 69.7 Å². The molecular formula is C23H33N3O3. The Morgan fingerprint density at radius 2 is 1.83 bits per heavy atom. The second kappa shape index (κ2) is 8.97. The first-order valence-corrected chi connectivity index (χ1v) is 10.8. The van der Waals surface area contributed by atoms with Gasteiger partial charge in [0, 0.05) is 19.6 Å². The number of piperidine rings is 1. The van der Waals surface area contributed by atoms with Crippen molar-refractivity contribution in [2.45, 2.75) is 64.5 Å². The molecule has 2 fully saturated rings. The Morgan fingerprint density at radius 1 is 1.17 bits per heavy atom. The van der Waals surface area contributed by atoms with Gasteiger partial charge in [0.1, 0.15) is 11.6 Å². The summed E-state index contributed by atoms with van der Waals surface area (Å²) in [4.78, 5) is 42.7. The molecule has 2 saturated heterocycles. The van der Waals surface area contributed by atoms with Gasteiger partial charge >= 0.3 is 0 Å². The molecule has 0 aliphatic carbocycles. The summed E-state index contributed by atoms with van der Waals surface area (Å²) in [7, 11) is 0. The van der Waals surface area contributed by atoms with Crippen molar-refractivity contribution in [2.24, 2.45) is 5.92 Å². The lowest BCUT2D eigenvalue weighted by Crippen LogP contribution is -2.73. The van der Waals surface area contributed by atoms with E-state index >= 15 is 0 Å². The van der Waals surface area contributed by atoms with Gasteiger partial charge in [0.2, 0.25) is 17.7 Å². The normalized spacial score (nSPS) is 21.6. The van der Waals surface area contributed by atoms with E-state index in [0.29, 0.717) is 51.2 Å². The Labute approximate surface area is 173 Å². The summed E-state index contributed by atoms with van der Waals surface area (Å²) >= 11 is 0. The summed E-state index contributed by atoms with van der Waals surface area (Å²) in [6.45, 7) is 7.74. The lowest BCUT2D eigenvalue weighted by atomic mass is 9.80. The van der Waals surface area contributed by atoms with E-state index in [2.05, 4.69) is 19.2 Å². The van der Waals surface area contributed by atoms with Gasteiger partial charge in [-0.1, -0.05) is 51.1 Å². The number of hydrogen-bond acceptors (Lipinski definition) is 3. The number of piperazine rings is 1. The van der Waals surface area contributed by atoms with E-state index in [4.69, 9.17) is 0 Å². The van der Waals surface area contributed by atoms with Crippen LogP contribution in [0.1, 0.15) is 52.0 Å². The van der Waals surface area contributed by atoms with Crippen LogP contribution in [-0.4, -0.2) is 58.7 Å². The molecule has 0 radical (unpaired) electrons. The van der Waals surface area contributed by atoms with Crippen LogP contribution in [0.3, 0.4) is 0 Å². The van der Waals surface area contributed by atoms with E-state index in [1.54, 1.807) is 0 Å². The molecular weight excluding hydrogens is 366 g/mol. The highest BCUT2D eigenvalue weighted by molar-refractivity contribution is 6.00. The first kappa shape index (κ1) is 21.3. The molecule has 2 aliphatic heterocycles. The number of benzene rings is 1. The average Bonchev–Trinajstić information content (AvgIpc) is 2.70. The van der Waals surface area contributed by atoms with Crippen molar-refractivity contribution in [3.05, 3.63) is 35.9 Å². The lowest BCUT2D eigenvalue weighted by molar-refractivity contribution is -0.162. The van der Waals surface area contributed by atoms with Gasteiger partial charge < -0.3 is 15.1 Å². The van der Waals surface area contributed by atoms with E-state index in [0.717, 1.165) is 12.0 Å². The molecule has 2 heterocycles. The van der Waals surface area contributed by atoms with Crippen LogP contribution in [0.5, 0.6) is 0 Å². The smallest absolute Gasteiger partial charge is 0.246 e. The Balaban J connectivity index is 1.70. The predicted octanol–water partition coefficient (Wildman–Crippen LogP) is 2.37. The van der Waals surface area contributed by atoms with Crippen LogP contribution in [0.15, 0.2) is 30.3 Å². The van der Waals surface area contributed by atoms with Crippen molar-refractivity contribution in [1.29, 1.82) is 0 Å². The van der Waals surface area contributed by atoms with Crippen molar-refractivity contribution in [1.82, 2.24) is 15.1 Å². The molecule has 3 rings (SSSR count). The van der Waals surface area contributed by atoms with Crippen molar-refractivity contribution in [3.8, 4) is 0 Å². The molecule has 1 N–H and O–H groups in total. The summed E-state index contributed by atoms with van der Waals surface area (Å²) in [5, 5.41) is 3.00. The second-order valence-electron chi connectivity index (χ2n) is 8.72. The fourth-order valence-electron chi connectivity index (χ4n) is 4.56. The Morgan fingerprint density at radius 3 is 2.41 bits per heavy atom. The van der Waals surface area contributed by atoms with Crippen LogP contribution in [0.25, 0.3) is 0 Å². The lowest BCUT2D eigenvalue weighted by Gasteiger charge is -2.51. The number of hydrogen-bond donors (Lipinski definition) is 1. The van der Waals surface area contributed by atoms with Crippen molar-refractivity contribution >= 4 is 17.7 Å². The van der Waals surface area contributed by atoms with Gasteiger partial charge in [0.05, 0.1) is 6.42 Å². The zero-order chi connectivity index (χ0) is 21.0. The number of rotatable bonds is 6. The molecule has 1 unspecified atom stereocenters. The SMILES string of the molecule is CCCN1C(=O)C(CC(C)C)NC(=O)C12CCN(C(=O)Cc1ccccc1)CC2. The van der Waals surface area contributed by atoms with Gasteiger partial charge in [-0.25, -0.2) is 0 Å². The fraction of sp³-hybridized carbons (Fsp3) is 0.609. The number of nitrogens with zero attached hydrogens (tertiary/aromatic N) is 2. The molecule has 0 aromatic heterocycles. The van der Waals surface area contributed by atoms with Crippen LogP contribution in [0, 0.1) is 5.92 Å². The molecule has 1 spiro atoms. The zero-order valence-corrected chi connectivity index (χ0v) is 17.8. The second-order valence-corrected chi connectivity index (χ2v) is 8.72. The molecule has 1 aromatic rings. The molecule has 3 amide bonds. The highest BCUT2D eigenvalue weighted by Crippen LogP contribution is 2.34. The maximum absolute atomic E-state index is 13.2. The van der Waals surface area contributed by atoms with Gasteiger partial charge in [0.15, 0.2) is 0 Å². The molecule has 0 bridgehead atoms. The average molecular weight is 400 g/mol. The maximum atomic E-state index is 13.2. The number of nitrogens with one attached hydrogen (secondary N) is 1. The van der Waals surface area contributed by atoms with Gasteiger partial charge in [-0.05, 0) is 37.2 Å². The molecule has 2 aliphatic rings. The van der Waals surface area contributed by atoms with E-state index in [1.165, 1.54) is 0 Å². The fourth-order valence-corrected chi connectivity index (χ4v) is 4.56. The molecule has 6 nitrogen and oxygen atoms in total. The molecule has 29 heavy (non-hydrogen) atoms. The quantitative estimate of drug-likeness (QED) is 0.798. The summed E-state index contributed by atoms with van der Waals surface area (Å²) in [5.41, 5.74) is 0.178. The molecule has 1 aromatic carbocycles. The van der Waals surface area contributed by atoms with Crippen LogP contribution in [0.2, 0.25) is 0 Å². The minimum atomic E-state index is -0.815. The Bertz CT molecular complexity index is 739. The van der Waals surface area contributed by atoms with Gasteiger partial charge in [-0.2, -0.15) is 0 Å². The number of carbonyl (C=O) groups is 3. The van der Waals surface area contributed by atoms with Gasteiger partial charge in [-0.15, -0.1) is 0 Å². The van der Waals surface area contributed by atoms with Crippen LogP contribution in [0.4, 0.5) is 0 Å². The third-order valence-corrected chi connectivity index (χ3v) is 6.10. The Kier molecular flexibility index (Phi) is 6.60. The first-order chi connectivity index (χ1) is 13.9. The third-order valence-electron chi connectivity index (χ3n) is 6.10. The highest BCUT2D eigenvalue weighted by Gasteiger charge is 2.53. The molecule has 0 saturated carbocycles. The van der Waals surface area contributed by atoms with Gasteiger partial charge in [-0.3, -0.25) is 14.4 Å². The molecule has 1 atom stereocenters. The van der Waals surface area contributed by atoms with E-state index < -0.39 is 11.6 Å². The van der Waals surface area contributed by atoms with Crippen LogP contribution >= 0.6 is 0 Å². The number of likely N-dealkylation sites (tertiary alicyclic amines) is 1. The molecule has 158 valence electrons. The van der Waals surface area contributed by atoms with Crippen molar-refractivity contribution in [2.75, 3.05) is 19.6 Å². The third kappa shape index (κ3) is 4.46. The first-order valence-electron chi connectivity index (χ1n) is 10.8. The predicted molar refractivity (Wildman–Crippen MR) is 112 cm³/mol. The van der Waals surface area contributed by atoms with E-state index in [1.807, 2.05) is 47.1 Å². The maximum Gasteiger partial charge on any atom is 0.246 e. The summed E-state index contributed by atoms with van der Waals surface area (Å²) in [6, 6.07) is 9.27. The minimum absolute atomic E-state index is 0.0317. The summed E-state index contributed by atoms with van der Waals surface area (Å²) in [6.07, 6.45) is 2.83. The monoisotopic (exact) mass is 399 g/mol. The summed E-state index contributed by atoms with van der Waals surface area (Å²) in [5.74, 6) is 0.392. The minimum Gasteiger partial charge on any atom is -0.342 e. The van der Waals surface area contributed by atoms with E-state index in [9.17, 15) is 14.4 Å². The number of carbonyl (C=O) groups excluding carboxylic acids is 3. The molecule has 6 heteroatoms. The summed E-state index contributed by atoms with van der Waals surface area (Å²) < 4.78 is 0. The Hall–Kier alpha value is -2.37. The largest absolute Gasteiger partial charge is 0.342 e. The van der Waals surface area contributed by atoms with E-state index in [-0.39, 0.29) is 17.7 Å². The standard InChI is InChI=1S/C23H33N3O3/c1-4-12-26-21(28)19(15-17(2)3)24-22(29)23(26)10-13-25(14-11-23)20(27)16-18-8-6-5-7-9-18/h5-9,17,19H,4,10-16H2,1-3H3,(H,24,29). The van der Waals surface area contributed by atoms with Gasteiger partial charge in [0.25, 0.3) is 0 Å². The number of amides is 3. The van der Waals surface area contributed by atoms with Crippen molar-refractivity contribution in [3.63, 3.8) is 0 Å². The van der Waals surface area contributed by atoms with Crippen molar-refractivity contribution < 1.29 is 14.4 Å². The van der Waals surface area contributed by atoms with Crippen LogP contribution in [-0.2, 0) is 20.8 Å².